The standard InChI is InChI=1S/C19H31N4O2/c1-14-4-6-15(7-5-14)23(19(12-20)10-11-22-13-19)16(24)8-9-18(2,3)17(21)25/h8,14-15,22H,4-7,9-11,13H2,1-3H3,(H2,21,25)/t14-,15-,19?. The first-order valence-corrected chi connectivity index (χ1v) is 9.30. The van der Waals surface area contributed by atoms with Gasteiger partial charge in [0.1, 0.15) is 5.54 Å². The maximum absolute atomic E-state index is 13.1. The van der Waals surface area contributed by atoms with Gasteiger partial charge in [-0.25, -0.2) is 0 Å². The molecule has 1 radical (unpaired) electrons. The maximum Gasteiger partial charge on any atom is 0.228 e. The smallest absolute Gasteiger partial charge is 0.228 e. The monoisotopic (exact) mass is 347 g/mol. The summed E-state index contributed by atoms with van der Waals surface area (Å²) < 4.78 is 0. The molecule has 1 saturated carbocycles. The molecule has 1 aliphatic carbocycles. The van der Waals surface area contributed by atoms with Gasteiger partial charge < -0.3 is 16.0 Å². The summed E-state index contributed by atoms with van der Waals surface area (Å²) in [6.45, 7) is 6.97. The largest absolute Gasteiger partial charge is 0.369 e. The number of nitriles is 1. The van der Waals surface area contributed by atoms with Crippen LogP contribution in [-0.4, -0.2) is 41.4 Å². The molecule has 2 aliphatic rings. The van der Waals surface area contributed by atoms with Crippen molar-refractivity contribution in [3.63, 3.8) is 0 Å². The van der Waals surface area contributed by atoms with Crippen molar-refractivity contribution < 1.29 is 9.59 Å². The molecule has 2 fully saturated rings. The number of nitrogens with two attached hydrogens (primary N) is 1. The van der Waals surface area contributed by atoms with Crippen molar-refractivity contribution in [1.82, 2.24) is 10.2 Å². The normalized spacial score (nSPS) is 29.8. The predicted octanol–water partition coefficient (Wildman–Crippen LogP) is 1.76. The predicted molar refractivity (Wildman–Crippen MR) is 96.0 cm³/mol. The van der Waals surface area contributed by atoms with Crippen molar-refractivity contribution in [2.45, 2.75) is 70.9 Å². The fourth-order valence-electron chi connectivity index (χ4n) is 3.82. The summed E-state index contributed by atoms with van der Waals surface area (Å²) >= 11 is 0. The van der Waals surface area contributed by atoms with E-state index in [4.69, 9.17) is 5.73 Å². The van der Waals surface area contributed by atoms with Crippen LogP contribution in [0.3, 0.4) is 0 Å². The van der Waals surface area contributed by atoms with Gasteiger partial charge in [0, 0.05) is 18.0 Å². The Balaban J connectivity index is 2.18. The number of hydrogen-bond acceptors (Lipinski definition) is 4. The number of nitrogens with zero attached hydrogens (tertiary/aromatic N) is 2. The molecule has 6 nitrogen and oxygen atoms in total. The van der Waals surface area contributed by atoms with Crippen molar-refractivity contribution in [3.05, 3.63) is 6.42 Å². The average molecular weight is 347 g/mol. The Morgan fingerprint density at radius 1 is 1.36 bits per heavy atom. The van der Waals surface area contributed by atoms with Gasteiger partial charge in [-0.3, -0.25) is 9.59 Å². The Morgan fingerprint density at radius 2 is 2.00 bits per heavy atom. The lowest BCUT2D eigenvalue weighted by Gasteiger charge is -2.44. The molecule has 1 unspecified atom stereocenters. The zero-order valence-corrected chi connectivity index (χ0v) is 15.7. The lowest BCUT2D eigenvalue weighted by Crippen LogP contribution is -2.58. The third-order valence-electron chi connectivity index (χ3n) is 5.84. The molecular weight excluding hydrogens is 316 g/mol. The zero-order valence-electron chi connectivity index (χ0n) is 15.7. The first-order chi connectivity index (χ1) is 11.7. The summed E-state index contributed by atoms with van der Waals surface area (Å²) in [5, 5.41) is 13.1. The summed E-state index contributed by atoms with van der Waals surface area (Å²) in [7, 11) is 0. The topological polar surface area (TPSA) is 99.2 Å². The van der Waals surface area contributed by atoms with Crippen LogP contribution < -0.4 is 11.1 Å². The van der Waals surface area contributed by atoms with E-state index in [1.165, 1.54) is 0 Å². The second-order valence-corrected chi connectivity index (χ2v) is 8.35. The molecule has 1 aliphatic heterocycles. The number of nitrogens with one attached hydrogen (secondary N) is 1. The lowest BCUT2D eigenvalue weighted by atomic mass is 9.82. The number of carbonyl (C=O) groups excluding carboxylic acids is 2. The van der Waals surface area contributed by atoms with Gasteiger partial charge >= 0.3 is 0 Å². The van der Waals surface area contributed by atoms with Crippen molar-refractivity contribution >= 4 is 11.8 Å². The highest BCUT2D eigenvalue weighted by Crippen LogP contribution is 2.35. The lowest BCUT2D eigenvalue weighted by molar-refractivity contribution is -0.136. The van der Waals surface area contributed by atoms with Gasteiger partial charge in [-0.1, -0.05) is 20.8 Å². The first-order valence-electron chi connectivity index (χ1n) is 9.30. The molecule has 0 bridgehead atoms. The summed E-state index contributed by atoms with van der Waals surface area (Å²) in [5.74, 6) is 0.108. The Bertz CT molecular complexity index is 538. The molecule has 1 saturated heterocycles. The Hall–Kier alpha value is -1.61. The van der Waals surface area contributed by atoms with E-state index in [-0.39, 0.29) is 18.4 Å². The van der Waals surface area contributed by atoms with Gasteiger partial charge in [-0.2, -0.15) is 5.26 Å². The SMILES string of the molecule is CC(C)(C[CH]C(=O)N([C@H]1CC[C@H](C)CC1)C1(C#N)CCNC1)C(N)=O. The van der Waals surface area contributed by atoms with Crippen LogP contribution in [0.1, 0.15) is 59.3 Å². The van der Waals surface area contributed by atoms with E-state index in [1.807, 2.05) is 4.90 Å². The summed E-state index contributed by atoms with van der Waals surface area (Å²) in [5.41, 5.74) is 3.87. The minimum atomic E-state index is -0.782. The number of primary amides is 1. The molecule has 25 heavy (non-hydrogen) atoms. The number of amides is 2. The van der Waals surface area contributed by atoms with Crippen molar-refractivity contribution in [1.29, 1.82) is 5.26 Å². The second-order valence-electron chi connectivity index (χ2n) is 8.35. The summed E-state index contributed by atoms with van der Waals surface area (Å²) in [4.78, 5) is 26.4. The minimum Gasteiger partial charge on any atom is -0.369 e. The molecular formula is C19H31N4O2. The van der Waals surface area contributed by atoms with Crippen LogP contribution >= 0.6 is 0 Å². The van der Waals surface area contributed by atoms with E-state index in [2.05, 4.69) is 18.3 Å². The molecule has 0 aromatic heterocycles. The molecule has 0 spiro atoms. The number of carbonyl (C=O) groups is 2. The molecule has 1 atom stereocenters. The Labute approximate surface area is 151 Å². The third-order valence-corrected chi connectivity index (χ3v) is 5.84. The summed E-state index contributed by atoms with van der Waals surface area (Å²) in [6.07, 6.45) is 6.52. The number of hydrogen-bond donors (Lipinski definition) is 2. The zero-order chi connectivity index (χ0) is 18.7. The van der Waals surface area contributed by atoms with E-state index in [1.54, 1.807) is 20.3 Å². The van der Waals surface area contributed by atoms with Gasteiger partial charge in [-0.05, 0) is 51.0 Å². The van der Waals surface area contributed by atoms with E-state index < -0.39 is 16.9 Å². The van der Waals surface area contributed by atoms with Crippen LogP contribution in [0.2, 0.25) is 0 Å². The Kier molecular flexibility index (Phi) is 6.10. The summed E-state index contributed by atoms with van der Waals surface area (Å²) in [6, 6.07) is 2.51. The molecule has 0 aromatic rings. The van der Waals surface area contributed by atoms with Crippen LogP contribution in [0.15, 0.2) is 0 Å². The highest BCUT2D eigenvalue weighted by atomic mass is 16.2. The van der Waals surface area contributed by atoms with Crippen LogP contribution in [0, 0.1) is 29.1 Å². The molecule has 1 heterocycles. The minimum absolute atomic E-state index is 0.0937. The molecule has 0 aromatic carbocycles. The average Bonchev–Trinajstić information content (AvgIpc) is 3.05. The maximum atomic E-state index is 13.1. The molecule has 2 rings (SSSR count). The fourth-order valence-corrected chi connectivity index (χ4v) is 3.82. The van der Waals surface area contributed by atoms with Gasteiger partial charge in [0.25, 0.3) is 0 Å². The van der Waals surface area contributed by atoms with Crippen molar-refractivity contribution in [2.75, 3.05) is 13.1 Å². The fraction of sp³-hybridized carbons (Fsp3) is 0.789. The van der Waals surface area contributed by atoms with E-state index in [0.29, 0.717) is 18.9 Å². The van der Waals surface area contributed by atoms with E-state index in [0.717, 1.165) is 32.2 Å². The highest BCUT2D eigenvalue weighted by Gasteiger charge is 2.46. The highest BCUT2D eigenvalue weighted by molar-refractivity contribution is 5.88. The molecule has 6 heteroatoms. The van der Waals surface area contributed by atoms with Gasteiger partial charge in [-0.15, -0.1) is 0 Å². The van der Waals surface area contributed by atoms with E-state index >= 15 is 0 Å². The van der Waals surface area contributed by atoms with Crippen LogP contribution in [0.4, 0.5) is 0 Å². The van der Waals surface area contributed by atoms with Crippen molar-refractivity contribution in [2.24, 2.45) is 17.1 Å². The molecule has 139 valence electrons. The van der Waals surface area contributed by atoms with Crippen LogP contribution in [0.5, 0.6) is 0 Å². The quantitative estimate of drug-likeness (QED) is 0.764. The first kappa shape index (κ1) is 19.7. The molecule has 3 N–H and O–H groups in total. The third kappa shape index (κ3) is 4.33. The van der Waals surface area contributed by atoms with Gasteiger partial charge in [0.2, 0.25) is 11.8 Å². The second kappa shape index (κ2) is 7.74. The number of rotatable bonds is 6. The Morgan fingerprint density at radius 3 is 2.48 bits per heavy atom. The van der Waals surface area contributed by atoms with Crippen LogP contribution in [0.25, 0.3) is 0 Å². The van der Waals surface area contributed by atoms with Crippen LogP contribution in [-0.2, 0) is 9.59 Å². The van der Waals surface area contributed by atoms with Gasteiger partial charge in [0.05, 0.1) is 12.5 Å². The van der Waals surface area contributed by atoms with E-state index in [9.17, 15) is 14.9 Å². The van der Waals surface area contributed by atoms with Gasteiger partial charge in [0.15, 0.2) is 0 Å². The van der Waals surface area contributed by atoms with Crippen molar-refractivity contribution in [3.8, 4) is 6.07 Å². The molecule has 2 amide bonds.